The third-order valence-corrected chi connectivity index (χ3v) is 7.67. The molecule has 3 aliphatic rings. The van der Waals surface area contributed by atoms with Gasteiger partial charge in [0.25, 0.3) is 0 Å². The van der Waals surface area contributed by atoms with Gasteiger partial charge < -0.3 is 14.6 Å². The summed E-state index contributed by atoms with van der Waals surface area (Å²) < 4.78 is 10.8. The Kier molecular flexibility index (Phi) is 5.21. The van der Waals surface area contributed by atoms with E-state index >= 15 is 0 Å². The van der Waals surface area contributed by atoms with Gasteiger partial charge in [0.15, 0.2) is 0 Å². The Hall–Kier alpha value is -1.36. The van der Waals surface area contributed by atoms with Crippen LogP contribution < -0.4 is 0 Å². The molecule has 0 spiro atoms. The van der Waals surface area contributed by atoms with Gasteiger partial charge in [0.1, 0.15) is 12.7 Å². The average molecular weight is 379 g/mol. The number of hydrogen-bond acceptors (Lipinski definition) is 5. The number of aliphatic hydroxyl groups is 1. The Morgan fingerprint density at radius 3 is 2.63 bits per heavy atom. The number of fused-ring (bicyclic) bond motifs is 1. The van der Waals surface area contributed by atoms with Crippen LogP contribution in [-0.2, 0) is 19.1 Å². The zero-order valence-corrected chi connectivity index (χ0v) is 17.3. The van der Waals surface area contributed by atoms with Gasteiger partial charge in [0.05, 0.1) is 5.60 Å². The maximum absolute atomic E-state index is 12.0. The molecular formula is C22H34O5. The van der Waals surface area contributed by atoms with E-state index in [1.807, 2.05) is 0 Å². The Labute approximate surface area is 162 Å². The summed E-state index contributed by atoms with van der Waals surface area (Å²) in [5.74, 6) is -0.408. The van der Waals surface area contributed by atoms with Crippen LogP contribution in [0.2, 0.25) is 0 Å². The molecule has 5 nitrogen and oxygen atoms in total. The maximum Gasteiger partial charge on any atom is 0.331 e. The summed E-state index contributed by atoms with van der Waals surface area (Å²) in [6.07, 6.45) is 6.40. The molecule has 0 aromatic carbocycles. The Balaban J connectivity index is 1.93. The second kappa shape index (κ2) is 6.91. The van der Waals surface area contributed by atoms with Crippen molar-refractivity contribution in [1.29, 1.82) is 0 Å². The first-order valence-corrected chi connectivity index (χ1v) is 10.3. The molecular weight excluding hydrogens is 344 g/mol. The van der Waals surface area contributed by atoms with Crippen LogP contribution >= 0.6 is 0 Å². The maximum atomic E-state index is 12.0. The third kappa shape index (κ3) is 3.43. The van der Waals surface area contributed by atoms with Gasteiger partial charge in [-0.3, -0.25) is 4.79 Å². The smallest absolute Gasteiger partial charge is 0.331 e. The van der Waals surface area contributed by atoms with Gasteiger partial charge in [-0.2, -0.15) is 0 Å². The van der Waals surface area contributed by atoms with Crippen molar-refractivity contribution in [1.82, 2.24) is 0 Å². The lowest BCUT2D eigenvalue weighted by Crippen LogP contribution is -2.66. The molecule has 0 aromatic rings. The van der Waals surface area contributed by atoms with Gasteiger partial charge in [0, 0.05) is 24.3 Å². The van der Waals surface area contributed by atoms with Crippen molar-refractivity contribution in [2.24, 2.45) is 22.7 Å². The van der Waals surface area contributed by atoms with Gasteiger partial charge in [-0.05, 0) is 49.0 Å². The van der Waals surface area contributed by atoms with Crippen LogP contribution in [0.15, 0.2) is 11.6 Å². The van der Waals surface area contributed by atoms with Gasteiger partial charge in [-0.1, -0.05) is 34.1 Å². The zero-order valence-electron chi connectivity index (χ0n) is 17.3. The molecule has 5 atom stereocenters. The lowest BCUT2D eigenvalue weighted by Gasteiger charge is -2.64. The molecule has 2 fully saturated rings. The van der Waals surface area contributed by atoms with Gasteiger partial charge >= 0.3 is 11.9 Å². The first-order valence-electron chi connectivity index (χ1n) is 10.3. The lowest BCUT2D eigenvalue weighted by atomic mass is 9.43. The molecule has 0 radical (unpaired) electrons. The molecule has 5 heteroatoms. The number of rotatable bonds is 4. The van der Waals surface area contributed by atoms with Crippen molar-refractivity contribution in [3.05, 3.63) is 11.6 Å². The summed E-state index contributed by atoms with van der Waals surface area (Å²) in [6, 6.07) is 0. The summed E-state index contributed by atoms with van der Waals surface area (Å²) in [6.45, 7) is 10.6. The topological polar surface area (TPSA) is 72.8 Å². The number of cyclic esters (lactones) is 1. The van der Waals surface area contributed by atoms with E-state index in [1.54, 1.807) is 6.08 Å². The SMILES string of the molecule is CC(=O)O[C@@H]1CC(C)[C@](O)(CCC2=CC(=O)OC2)[C@@]2(C)CCCC(C)(C)[C@H]12. The summed E-state index contributed by atoms with van der Waals surface area (Å²) in [5.41, 5.74) is -0.250. The van der Waals surface area contributed by atoms with Crippen molar-refractivity contribution < 1.29 is 24.2 Å². The van der Waals surface area contributed by atoms with Crippen LogP contribution in [0.5, 0.6) is 0 Å². The first kappa shape index (κ1) is 20.4. The molecule has 1 N–H and O–H groups in total. The molecule has 2 saturated carbocycles. The van der Waals surface area contributed by atoms with Crippen LogP contribution in [0.4, 0.5) is 0 Å². The van der Waals surface area contributed by atoms with Crippen LogP contribution in [0.25, 0.3) is 0 Å². The Bertz CT molecular complexity index is 651. The van der Waals surface area contributed by atoms with Crippen molar-refractivity contribution in [3.8, 4) is 0 Å². The second-order valence-electron chi connectivity index (χ2n) is 9.86. The third-order valence-electron chi connectivity index (χ3n) is 7.67. The summed E-state index contributed by atoms with van der Waals surface area (Å²) >= 11 is 0. The van der Waals surface area contributed by atoms with Crippen molar-refractivity contribution >= 4 is 11.9 Å². The minimum absolute atomic E-state index is 0.00700. The lowest BCUT2D eigenvalue weighted by molar-refractivity contribution is -0.249. The molecule has 0 bridgehead atoms. The predicted molar refractivity (Wildman–Crippen MR) is 102 cm³/mol. The molecule has 0 amide bonds. The standard InChI is InChI=1S/C22H34O5/c1-14-11-17(27-15(2)23)19-20(3,4)8-6-9-21(19,5)22(14,25)10-7-16-12-18(24)26-13-16/h12,14,17,19,25H,6-11,13H2,1-5H3/t14?,17-,19+,21+,22-/m1/s1. The zero-order chi connectivity index (χ0) is 20.0. The van der Waals surface area contributed by atoms with Crippen LogP contribution in [0.3, 0.4) is 0 Å². The molecule has 27 heavy (non-hydrogen) atoms. The molecule has 3 rings (SSSR count). The highest BCUT2D eigenvalue weighted by Gasteiger charge is 2.64. The Morgan fingerprint density at radius 1 is 1.33 bits per heavy atom. The molecule has 0 aromatic heterocycles. The fourth-order valence-corrected chi connectivity index (χ4v) is 6.50. The van der Waals surface area contributed by atoms with Crippen LogP contribution in [-0.4, -0.2) is 35.4 Å². The minimum Gasteiger partial charge on any atom is -0.462 e. The largest absolute Gasteiger partial charge is 0.462 e. The van der Waals surface area contributed by atoms with E-state index in [0.29, 0.717) is 25.9 Å². The Morgan fingerprint density at radius 2 is 2.04 bits per heavy atom. The number of hydrogen-bond donors (Lipinski definition) is 1. The molecule has 1 unspecified atom stereocenters. The molecule has 1 aliphatic heterocycles. The highest BCUT2D eigenvalue weighted by molar-refractivity contribution is 5.85. The van der Waals surface area contributed by atoms with Crippen LogP contribution in [0, 0.1) is 22.7 Å². The first-order chi connectivity index (χ1) is 12.5. The highest BCUT2D eigenvalue weighted by Crippen LogP contribution is 2.64. The van der Waals surface area contributed by atoms with E-state index < -0.39 is 5.60 Å². The number of carbonyl (C=O) groups excluding carboxylic acids is 2. The van der Waals surface area contributed by atoms with E-state index in [2.05, 4.69) is 27.7 Å². The van der Waals surface area contributed by atoms with E-state index in [1.165, 1.54) is 6.92 Å². The van der Waals surface area contributed by atoms with Crippen molar-refractivity contribution in [2.75, 3.05) is 6.61 Å². The van der Waals surface area contributed by atoms with Gasteiger partial charge in [-0.15, -0.1) is 0 Å². The summed E-state index contributed by atoms with van der Waals surface area (Å²) in [4.78, 5) is 23.1. The summed E-state index contributed by atoms with van der Waals surface area (Å²) in [5, 5.41) is 12.0. The van der Waals surface area contributed by atoms with Gasteiger partial charge in [0.2, 0.25) is 0 Å². The minimum atomic E-state index is -0.863. The molecule has 2 aliphatic carbocycles. The van der Waals surface area contributed by atoms with E-state index in [9.17, 15) is 14.7 Å². The van der Waals surface area contributed by atoms with Crippen LogP contribution in [0.1, 0.15) is 73.1 Å². The predicted octanol–water partition coefficient (Wildman–Crippen LogP) is 3.79. The number of esters is 2. The number of carbonyl (C=O) groups is 2. The quantitative estimate of drug-likeness (QED) is 0.754. The normalized spacial score (nSPS) is 40.7. The highest BCUT2D eigenvalue weighted by atomic mass is 16.5. The fraction of sp³-hybridized carbons (Fsp3) is 0.818. The second-order valence-corrected chi connectivity index (χ2v) is 9.86. The average Bonchev–Trinajstić information content (AvgIpc) is 2.95. The molecule has 0 saturated heterocycles. The molecule has 1 heterocycles. The van der Waals surface area contributed by atoms with Gasteiger partial charge in [-0.25, -0.2) is 4.79 Å². The van der Waals surface area contributed by atoms with E-state index in [-0.39, 0.29) is 40.7 Å². The molecule has 152 valence electrons. The van der Waals surface area contributed by atoms with E-state index in [4.69, 9.17) is 9.47 Å². The summed E-state index contributed by atoms with van der Waals surface area (Å²) in [7, 11) is 0. The monoisotopic (exact) mass is 378 g/mol. The van der Waals surface area contributed by atoms with E-state index in [0.717, 1.165) is 24.8 Å². The van der Waals surface area contributed by atoms with Crippen molar-refractivity contribution in [2.45, 2.75) is 84.8 Å². The van der Waals surface area contributed by atoms with Crippen molar-refractivity contribution in [3.63, 3.8) is 0 Å². The number of ether oxygens (including phenoxy) is 2. The fourth-order valence-electron chi connectivity index (χ4n) is 6.50.